The van der Waals surface area contributed by atoms with Crippen molar-refractivity contribution >= 4 is 11.5 Å². The number of unbranched alkanes of at least 4 members (excludes halogenated alkanes) is 3. The van der Waals surface area contributed by atoms with Crippen molar-refractivity contribution in [2.24, 2.45) is 0 Å². The van der Waals surface area contributed by atoms with Gasteiger partial charge in [-0.1, -0.05) is 32.6 Å². The molecule has 0 amide bonds. The van der Waals surface area contributed by atoms with Gasteiger partial charge in [0, 0.05) is 12.1 Å². The highest BCUT2D eigenvalue weighted by Gasteiger charge is 2.07. The molecule has 0 aliphatic carbocycles. The molecule has 1 unspecified atom stereocenters. The van der Waals surface area contributed by atoms with Crippen molar-refractivity contribution in [1.29, 1.82) is 0 Å². The first-order chi connectivity index (χ1) is 8.63. The number of nitro groups is 1. The summed E-state index contributed by atoms with van der Waals surface area (Å²) in [6.45, 7) is 4.32. The van der Waals surface area contributed by atoms with Crippen molar-refractivity contribution in [3.05, 3.63) is 28.4 Å². The molecule has 0 spiro atoms. The van der Waals surface area contributed by atoms with E-state index in [9.17, 15) is 10.1 Å². The maximum atomic E-state index is 10.5. The van der Waals surface area contributed by atoms with Gasteiger partial charge < -0.3 is 15.4 Å². The Morgan fingerprint density at radius 1 is 1.39 bits per heavy atom. The highest BCUT2D eigenvalue weighted by molar-refractivity contribution is 5.44. The standard InChI is InChI=1S/C13H21N3O2/c1-3-4-5-6-7-11(2)15-12-8-9-13(14-10-12)16(17)18/h8-11,15H,3-7H2,1-2H3. The highest BCUT2D eigenvalue weighted by Crippen LogP contribution is 2.14. The van der Waals surface area contributed by atoms with Crippen LogP contribution in [-0.4, -0.2) is 15.9 Å². The van der Waals surface area contributed by atoms with Crippen LogP contribution >= 0.6 is 0 Å². The Hall–Kier alpha value is -1.65. The van der Waals surface area contributed by atoms with Crippen LogP contribution < -0.4 is 5.32 Å². The van der Waals surface area contributed by atoms with Crippen molar-refractivity contribution in [3.8, 4) is 0 Å². The lowest BCUT2D eigenvalue weighted by Gasteiger charge is -2.13. The third kappa shape index (κ3) is 5.12. The molecular weight excluding hydrogens is 230 g/mol. The van der Waals surface area contributed by atoms with Gasteiger partial charge in [0.15, 0.2) is 6.20 Å². The molecule has 5 heteroatoms. The van der Waals surface area contributed by atoms with Gasteiger partial charge in [-0.25, -0.2) is 0 Å². The zero-order valence-corrected chi connectivity index (χ0v) is 11.1. The zero-order chi connectivity index (χ0) is 13.4. The van der Waals surface area contributed by atoms with E-state index in [0.717, 1.165) is 12.1 Å². The lowest BCUT2D eigenvalue weighted by atomic mass is 10.1. The fourth-order valence-corrected chi connectivity index (χ4v) is 1.81. The monoisotopic (exact) mass is 251 g/mol. The quantitative estimate of drug-likeness (QED) is 0.434. The number of anilines is 1. The van der Waals surface area contributed by atoms with E-state index in [-0.39, 0.29) is 5.82 Å². The number of nitrogens with one attached hydrogen (secondary N) is 1. The third-order valence-electron chi connectivity index (χ3n) is 2.84. The number of nitrogens with zero attached hydrogens (tertiary/aromatic N) is 2. The summed E-state index contributed by atoms with van der Waals surface area (Å²) in [5.41, 5.74) is 0.837. The van der Waals surface area contributed by atoms with Crippen molar-refractivity contribution in [2.75, 3.05) is 5.32 Å². The maximum Gasteiger partial charge on any atom is 0.363 e. The molecule has 0 bridgehead atoms. The Morgan fingerprint density at radius 2 is 2.17 bits per heavy atom. The van der Waals surface area contributed by atoms with E-state index in [1.165, 1.54) is 37.9 Å². The SMILES string of the molecule is CCCCCCC(C)Nc1ccc([N+](=O)[O-])nc1. The molecule has 0 aromatic carbocycles. The molecule has 1 atom stereocenters. The average Bonchev–Trinajstić information content (AvgIpc) is 2.35. The van der Waals surface area contributed by atoms with Gasteiger partial charge in [-0.15, -0.1) is 0 Å². The molecule has 0 radical (unpaired) electrons. The molecule has 0 saturated heterocycles. The van der Waals surface area contributed by atoms with Crippen LogP contribution in [0.1, 0.15) is 46.0 Å². The second-order valence-corrected chi connectivity index (χ2v) is 4.56. The van der Waals surface area contributed by atoms with Gasteiger partial charge in [0.25, 0.3) is 0 Å². The van der Waals surface area contributed by atoms with Crippen molar-refractivity contribution in [3.63, 3.8) is 0 Å². The molecule has 0 saturated carbocycles. The van der Waals surface area contributed by atoms with E-state index >= 15 is 0 Å². The molecule has 0 aliphatic heterocycles. The summed E-state index contributed by atoms with van der Waals surface area (Å²) < 4.78 is 0. The molecule has 5 nitrogen and oxygen atoms in total. The molecule has 1 N–H and O–H groups in total. The summed E-state index contributed by atoms with van der Waals surface area (Å²) in [6, 6.07) is 3.49. The first-order valence-corrected chi connectivity index (χ1v) is 6.50. The minimum absolute atomic E-state index is 0.115. The zero-order valence-electron chi connectivity index (χ0n) is 11.1. The summed E-state index contributed by atoms with van der Waals surface area (Å²) in [4.78, 5) is 13.8. The van der Waals surface area contributed by atoms with E-state index in [1.54, 1.807) is 6.07 Å². The summed E-state index contributed by atoms with van der Waals surface area (Å²) >= 11 is 0. The number of hydrogen-bond donors (Lipinski definition) is 1. The number of pyridine rings is 1. The van der Waals surface area contributed by atoms with Gasteiger partial charge >= 0.3 is 5.82 Å². The van der Waals surface area contributed by atoms with E-state index in [2.05, 4.69) is 24.1 Å². The molecule has 0 fully saturated rings. The molecule has 1 heterocycles. The van der Waals surface area contributed by atoms with Crippen molar-refractivity contribution in [2.45, 2.75) is 52.0 Å². The van der Waals surface area contributed by atoms with E-state index in [1.807, 2.05) is 0 Å². The minimum Gasteiger partial charge on any atom is -0.380 e. The summed E-state index contributed by atoms with van der Waals surface area (Å²) in [5, 5.41) is 13.8. The topological polar surface area (TPSA) is 68.1 Å². The number of rotatable bonds is 8. The first-order valence-electron chi connectivity index (χ1n) is 6.50. The molecule has 1 rings (SSSR count). The third-order valence-corrected chi connectivity index (χ3v) is 2.84. The Balaban J connectivity index is 2.35. The van der Waals surface area contributed by atoms with Crippen LogP contribution in [0.3, 0.4) is 0 Å². The molecular formula is C13H21N3O2. The minimum atomic E-state index is -0.488. The summed E-state index contributed by atoms with van der Waals surface area (Å²) in [7, 11) is 0. The molecule has 0 aliphatic rings. The van der Waals surface area contributed by atoms with Crippen LogP contribution in [0, 0.1) is 10.1 Å². The Bertz CT molecular complexity index is 365. The molecule has 18 heavy (non-hydrogen) atoms. The maximum absolute atomic E-state index is 10.5. The fraction of sp³-hybridized carbons (Fsp3) is 0.615. The Labute approximate surface area is 108 Å². The van der Waals surface area contributed by atoms with Gasteiger partial charge in [-0.3, -0.25) is 0 Å². The number of hydrogen-bond acceptors (Lipinski definition) is 4. The van der Waals surface area contributed by atoms with Gasteiger partial charge in [0.1, 0.15) is 0 Å². The normalized spacial score (nSPS) is 12.1. The fourth-order valence-electron chi connectivity index (χ4n) is 1.81. The van der Waals surface area contributed by atoms with Crippen LogP contribution in [0.15, 0.2) is 18.3 Å². The lowest BCUT2D eigenvalue weighted by Crippen LogP contribution is -2.15. The predicted molar refractivity (Wildman–Crippen MR) is 72.7 cm³/mol. The van der Waals surface area contributed by atoms with Crippen LogP contribution in [0.2, 0.25) is 0 Å². The smallest absolute Gasteiger partial charge is 0.363 e. The van der Waals surface area contributed by atoms with Crippen molar-refractivity contribution < 1.29 is 4.92 Å². The largest absolute Gasteiger partial charge is 0.380 e. The number of aromatic nitrogens is 1. The van der Waals surface area contributed by atoms with Gasteiger partial charge in [0.2, 0.25) is 0 Å². The van der Waals surface area contributed by atoms with Gasteiger partial charge in [-0.05, 0) is 29.3 Å². The second kappa shape index (κ2) is 7.63. The van der Waals surface area contributed by atoms with Gasteiger partial charge in [0.05, 0.1) is 5.69 Å². The van der Waals surface area contributed by atoms with Gasteiger partial charge in [-0.2, -0.15) is 0 Å². The molecule has 1 aromatic rings. The van der Waals surface area contributed by atoms with Crippen LogP contribution in [0.4, 0.5) is 11.5 Å². The van der Waals surface area contributed by atoms with Crippen LogP contribution in [-0.2, 0) is 0 Å². The Morgan fingerprint density at radius 3 is 2.72 bits per heavy atom. The Kier molecular flexibility index (Phi) is 6.11. The molecule has 100 valence electrons. The van der Waals surface area contributed by atoms with E-state index in [4.69, 9.17) is 0 Å². The predicted octanol–water partition coefficient (Wildman–Crippen LogP) is 3.76. The second-order valence-electron chi connectivity index (χ2n) is 4.56. The van der Waals surface area contributed by atoms with E-state index in [0.29, 0.717) is 6.04 Å². The average molecular weight is 251 g/mol. The van der Waals surface area contributed by atoms with Crippen molar-refractivity contribution in [1.82, 2.24) is 4.98 Å². The molecule has 1 aromatic heterocycles. The summed E-state index contributed by atoms with van der Waals surface area (Å²) in [6.07, 6.45) is 7.63. The van der Waals surface area contributed by atoms with Crippen LogP contribution in [0.25, 0.3) is 0 Å². The summed E-state index contributed by atoms with van der Waals surface area (Å²) in [5.74, 6) is -0.115. The lowest BCUT2D eigenvalue weighted by molar-refractivity contribution is -0.389. The van der Waals surface area contributed by atoms with E-state index < -0.39 is 4.92 Å². The first kappa shape index (κ1) is 14.4. The van der Waals surface area contributed by atoms with Crippen LogP contribution in [0.5, 0.6) is 0 Å². The highest BCUT2D eigenvalue weighted by atomic mass is 16.6.